The lowest BCUT2D eigenvalue weighted by atomic mass is 9.94. The molecule has 8 heteroatoms. The molecule has 1 aromatic rings. The summed E-state index contributed by atoms with van der Waals surface area (Å²) in [6, 6.07) is -0.327. The zero-order valence-corrected chi connectivity index (χ0v) is 17.8. The number of amides is 3. The fourth-order valence-electron chi connectivity index (χ4n) is 2.93. The van der Waals surface area contributed by atoms with Crippen LogP contribution in [-0.4, -0.2) is 51.3 Å². The molecule has 0 unspecified atom stereocenters. The van der Waals surface area contributed by atoms with Gasteiger partial charge in [0.15, 0.2) is 0 Å². The first-order valence-corrected chi connectivity index (χ1v) is 9.77. The summed E-state index contributed by atoms with van der Waals surface area (Å²) in [4.78, 5) is 40.8. The van der Waals surface area contributed by atoms with Gasteiger partial charge in [-0.15, -0.1) is 0 Å². The van der Waals surface area contributed by atoms with Gasteiger partial charge in [-0.05, 0) is 6.42 Å². The number of aromatic nitrogens is 2. The second-order valence-electron chi connectivity index (χ2n) is 9.37. The third-order valence-corrected chi connectivity index (χ3v) is 4.71. The van der Waals surface area contributed by atoms with Crippen LogP contribution in [0, 0.1) is 10.8 Å². The van der Waals surface area contributed by atoms with Crippen molar-refractivity contribution in [1.82, 2.24) is 25.1 Å². The van der Waals surface area contributed by atoms with Gasteiger partial charge in [-0.3, -0.25) is 14.4 Å². The Bertz CT molecular complexity index is 727. The zero-order valence-electron chi connectivity index (χ0n) is 17.8. The Kier molecular flexibility index (Phi) is 6.52. The van der Waals surface area contributed by atoms with Gasteiger partial charge in [0.1, 0.15) is 11.9 Å². The molecule has 2 N–H and O–H groups in total. The monoisotopic (exact) mass is 391 g/mol. The number of nitrogens with zero attached hydrogens (tertiary/aromatic N) is 3. The molecule has 8 nitrogen and oxygen atoms in total. The van der Waals surface area contributed by atoms with Crippen LogP contribution in [0.15, 0.2) is 12.4 Å². The number of carbonyl (C=O) groups is 3. The first-order valence-electron chi connectivity index (χ1n) is 9.77. The number of hydrogen-bond acceptors (Lipinski definition) is 4. The second-order valence-corrected chi connectivity index (χ2v) is 9.37. The highest BCUT2D eigenvalue weighted by Crippen LogP contribution is 2.21. The quantitative estimate of drug-likeness (QED) is 0.754. The van der Waals surface area contributed by atoms with Crippen LogP contribution < -0.4 is 10.6 Å². The summed E-state index contributed by atoms with van der Waals surface area (Å²) in [5.41, 5.74) is -0.725. The fourth-order valence-corrected chi connectivity index (χ4v) is 2.93. The smallest absolute Gasteiger partial charge is 0.242 e. The molecule has 2 aliphatic heterocycles. The Labute approximate surface area is 167 Å². The van der Waals surface area contributed by atoms with Crippen molar-refractivity contribution in [3.63, 3.8) is 0 Å². The van der Waals surface area contributed by atoms with Crippen molar-refractivity contribution in [3.8, 4) is 0 Å². The number of rotatable bonds is 1. The minimum atomic E-state index is -0.428. The van der Waals surface area contributed by atoms with Crippen LogP contribution in [0.5, 0.6) is 0 Å². The SMILES string of the molecule is CC(C)(C)C(=O)N1CCn2ccnc2C1.CC(C)(C)C(=O)N[C@H]1CCNC1=O. The van der Waals surface area contributed by atoms with Gasteiger partial charge in [-0.25, -0.2) is 4.98 Å². The molecule has 3 rings (SSSR count). The number of carbonyl (C=O) groups excluding carboxylic acids is 3. The fraction of sp³-hybridized carbons (Fsp3) is 0.700. The van der Waals surface area contributed by atoms with E-state index >= 15 is 0 Å². The average molecular weight is 392 g/mol. The van der Waals surface area contributed by atoms with Crippen LogP contribution in [0.2, 0.25) is 0 Å². The molecule has 156 valence electrons. The summed E-state index contributed by atoms with van der Waals surface area (Å²) in [5, 5.41) is 5.39. The molecule has 0 spiro atoms. The minimum Gasteiger partial charge on any atom is -0.354 e. The molecule has 0 bridgehead atoms. The number of nitrogens with one attached hydrogen (secondary N) is 2. The predicted octanol–water partition coefficient (Wildman–Crippen LogP) is 1.31. The van der Waals surface area contributed by atoms with Crippen LogP contribution in [0.4, 0.5) is 0 Å². The Hall–Kier alpha value is -2.38. The molecule has 1 saturated heterocycles. The molecule has 1 fully saturated rings. The van der Waals surface area contributed by atoms with E-state index < -0.39 is 5.41 Å². The van der Waals surface area contributed by atoms with E-state index in [4.69, 9.17) is 0 Å². The summed E-state index contributed by atoms with van der Waals surface area (Å²) >= 11 is 0. The Morgan fingerprint density at radius 3 is 2.36 bits per heavy atom. The van der Waals surface area contributed by atoms with Gasteiger partial charge in [0.2, 0.25) is 17.7 Å². The molecule has 0 aromatic carbocycles. The maximum Gasteiger partial charge on any atom is 0.242 e. The summed E-state index contributed by atoms with van der Waals surface area (Å²) < 4.78 is 2.10. The van der Waals surface area contributed by atoms with Crippen LogP contribution in [0.25, 0.3) is 0 Å². The molecule has 3 heterocycles. The van der Waals surface area contributed by atoms with Gasteiger partial charge >= 0.3 is 0 Å². The van der Waals surface area contributed by atoms with Gasteiger partial charge in [0.25, 0.3) is 0 Å². The molecular weight excluding hydrogens is 358 g/mol. The summed E-state index contributed by atoms with van der Waals surface area (Å²) in [6.07, 6.45) is 4.45. The predicted molar refractivity (Wildman–Crippen MR) is 106 cm³/mol. The average Bonchev–Trinajstić information content (AvgIpc) is 3.21. The Balaban J connectivity index is 0.000000203. The topological polar surface area (TPSA) is 96.3 Å². The van der Waals surface area contributed by atoms with Gasteiger partial charge in [-0.1, -0.05) is 41.5 Å². The molecule has 1 aromatic heterocycles. The standard InChI is InChI=1S/C11H17N3O.C9H16N2O2/c1-11(2,3)10(15)14-7-6-13-5-4-12-9(13)8-14;1-9(2,3)8(13)11-6-4-5-10-7(6)12/h4-5H,6-8H2,1-3H3;6H,4-5H2,1-3H3,(H,10,12)(H,11,13)/t;6-/m.0/s1. The van der Waals surface area contributed by atoms with Crippen LogP contribution in [0.1, 0.15) is 53.8 Å². The van der Waals surface area contributed by atoms with Crippen molar-refractivity contribution in [2.45, 2.75) is 67.1 Å². The van der Waals surface area contributed by atoms with Crippen molar-refractivity contribution in [1.29, 1.82) is 0 Å². The molecular formula is C20H33N5O3. The van der Waals surface area contributed by atoms with Gasteiger partial charge in [-0.2, -0.15) is 0 Å². The van der Waals surface area contributed by atoms with Crippen LogP contribution in [-0.2, 0) is 27.5 Å². The van der Waals surface area contributed by atoms with Crippen molar-refractivity contribution in [2.75, 3.05) is 13.1 Å². The molecule has 2 aliphatic rings. The number of imidazole rings is 1. The van der Waals surface area contributed by atoms with Crippen LogP contribution >= 0.6 is 0 Å². The lowest BCUT2D eigenvalue weighted by Crippen LogP contribution is -2.45. The molecule has 28 heavy (non-hydrogen) atoms. The van der Waals surface area contributed by atoms with Crippen molar-refractivity contribution in [3.05, 3.63) is 18.2 Å². The summed E-state index contributed by atoms with van der Waals surface area (Å²) in [7, 11) is 0. The highest BCUT2D eigenvalue weighted by atomic mass is 16.2. The third-order valence-electron chi connectivity index (χ3n) is 4.71. The largest absolute Gasteiger partial charge is 0.354 e. The van der Waals surface area contributed by atoms with Gasteiger partial charge in [0.05, 0.1) is 6.54 Å². The second kappa shape index (κ2) is 8.32. The maximum atomic E-state index is 12.0. The highest BCUT2D eigenvalue weighted by molar-refractivity contribution is 5.90. The Morgan fingerprint density at radius 2 is 1.82 bits per heavy atom. The van der Waals surface area contributed by atoms with Gasteiger partial charge < -0.3 is 20.1 Å². The van der Waals surface area contributed by atoms with E-state index in [1.54, 1.807) is 6.20 Å². The van der Waals surface area contributed by atoms with Crippen molar-refractivity contribution in [2.24, 2.45) is 10.8 Å². The normalized spacial score (nSPS) is 19.3. The molecule has 0 saturated carbocycles. The summed E-state index contributed by atoms with van der Waals surface area (Å²) in [5.74, 6) is 1.04. The molecule has 1 atom stereocenters. The van der Waals surface area contributed by atoms with Crippen molar-refractivity contribution >= 4 is 17.7 Å². The number of hydrogen-bond donors (Lipinski definition) is 2. The first kappa shape index (κ1) is 21.9. The zero-order chi connectivity index (χ0) is 21.1. The number of fused-ring (bicyclic) bond motifs is 1. The van der Waals surface area contributed by atoms with E-state index in [0.717, 1.165) is 18.9 Å². The lowest BCUT2D eigenvalue weighted by Gasteiger charge is -2.32. The maximum absolute atomic E-state index is 12.0. The lowest BCUT2D eigenvalue weighted by molar-refractivity contribution is -0.141. The van der Waals surface area contributed by atoms with Gasteiger partial charge in [0, 0.05) is 42.9 Å². The van der Waals surface area contributed by atoms with Crippen LogP contribution in [0.3, 0.4) is 0 Å². The van der Waals surface area contributed by atoms with E-state index in [-0.39, 0.29) is 29.2 Å². The molecule has 3 amide bonds. The Morgan fingerprint density at radius 1 is 1.14 bits per heavy atom. The van der Waals surface area contributed by atoms with E-state index in [1.807, 2.05) is 52.6 Å². The summed E-state index contributed by atoms with van der Waals surface area (Å²) in [6.45, 7) is 14.3. The molecule has 0 radical (unpaired) electrons. The van der Waals surface area contributed by atoms with E-state index in [1.165, 1.54) is 0 Å². The van der Waals surface area contributed by atoms with Crippen molar-refractivity contribution < 1.29 is 14.4 Å². The third kappa shape index (κ3) is 5.56. The highest BCUT2D eigenvalue weighted by Gasteiger charge is 2.30. The minimum absolute atomic E-state index is 0.0717. The van der Waals surface area contributed by atoms with E-state index in [2.05, 4.69) is 20.2 Å². The molecule has 0 aliphatic carbocycles. The van der Waals surface area contributed by atoms with E-state index in [0.29, 0.717) is 19.5 Å². The first-order chi connectivity index (χ1) is 12.9. The van der Waals surface area contributed by atoms with E-state index in [9.17, 15) is 14.4 Å².